The Balaban J connectivity index is 1.46. The smallest absolute Gasteiger partial charge is 0.319 e. The van der Waals surface area contributed by atoms with E-state index in [-0.39, 0.29) is 5.78 Å². The normalized spacial score (nSPS) is 10.5. The number of hydrogen-bond donors (Lipinski definition) is 2. The lowest BCUT2D eigenvalue weighted by Crippen LogP contribution is -2.37. The predicted molar refractivity (Wildman–Crippen MR) is 122 cm³/mol. The van der Waals surface area contributed by atoms with Crippen LogP contribution >= 0.6 is 0 Å². The fraction of sp³-hybridized carbons (Fsp3) is 0.200. The highest BCUT2D eigenvalue weighted by Gasteiger charge is 2.14. The van der Waals surface area contributed by atoms with Crippen molar-refractivity contribution in [2.75, 3.05) is 17.2 Å². The van der Waals surface area contributed by atoms with E-state index in [1.807, 2.05) is 54.6 Å². The van der Waals surface area contributed by atoms with Gasteiger partial charge in [-0.1, -0.05) is 73.2 Å². The number of ketones is 1. The summed E-state index contributed by atoms with van der Waals surface area (Å²) >= 11 is 0. The molecule has 0 atom stereocenters. The van der Waals surface area contributed by atoms with Crippen LogP contribution in [-0.4, -0.2) is 18.4 Å². The molecule has 0 unspecified atom stereocenters. The van der Waals surface area contributed by atoms with E-state index in [1.54, 1.807) is 12.1 Å². The number of anilines is 2. The van der Waals surface area contributed by atoms with E-state index in [2.05, 4.69) is 12.1 Å². The summed E-state index contributed by atoms with van der Waals surface area (Å²) in [4.78, 5) is 25.7. The molecule has 0 saturated carbocycles. The molecule has 0 aliphatic rings. The van der Waals surface area contributed by atoms with Crippen molar-refractivity contribution >= 4 is 23.2 Å². The van der Waals surface area contributed by atoms with Crippen molar-refractivity contribution in [2.24, 2.45) is 5.73 Å². The Morgan fingerprint density at radius 3 is 2.03 bits per heavy atom. The topological polar surface area (TPSA) is 89.4 Å². The predicted octanol–water partition coefficient (Wildman–Crippen LogP) is 5.26. The Hall–Kier alpha value is -3.60. The lowest BCUT2D eigenvalue weighted by Gasteiger charge is -2.22. The van der Waals surface area contributed by atoms with Crippen LogP contribution < -0.4 is 16.4 Å². The monoisotopic (exact) mass is 401 g/mol. The first kappa shape index (κ1) is 21.1. The molecule has 0 spiro atoms. The quantitative estimate of drug-likeness (QED) is 0.291. The Kier molecular flexibility index (Phi) is 7.22. The van der Waals surface area contributed by atoms with Crippen molar-refractivity contribution in [3.05, 3.63) is 84.4 Å². The average molecular weight is 402 g/mol. The van der Waals surface area contributed by atoms with Crippen LogP contribution in [0, 0.1) is 0 Å². The summed E-state index contributed by atoms with van der Waals surface area (Å²) < 4.78 is 0. The van der Waals surface area contributed by atoms with Gasteiger partial charge in [0.15, 0.2) is 5.78 Å². The van der Waals surface area contributed by atoms with Gasteiger partial charge in [0.1, 0.15) is 0 Å². The van der Waals surface area contributed by atoms with Crippen LogP contribution in [0.2, 0.25) is 0 Å². The lowest BCUT2D eigenvalue weighted by molar-refractivity contribution is 0.0979. The number of hydrogen-bond acceptors (Lipinski definition) is 3. The molecule has 5 heteroatoms. The molecule has 0 fully saturated rings. The first-order chi connectivity index (χ1) is 14.6. The second-order valence-electron chi connectivity index (χ2n) is 7.23. The first-order valence-corrected chi connectivity index (χ1v) is 10.2. The molecule has 5 nitrogen and oxygen atoms in total. The molecule has 0 aliphatic heterocycles. The van der Waals surface area contributed by atoms with Crippen molar-refractivity contribution in [3.8, 4) is 11.1 Å². The molecule has 3 rings (SSSR count). The molecule has 30 heavy (non-hydrogen) atoms. The molecule has 0 radical (unpaired) electrons. The zero-order chi connectivity index (χ0) is 21.3. The van der Waals surface area contributed by atoms with Gasteiger partial charge in [0.25, 0.3) is 0 Å². The fourth-order valence-corrected chi connectivity index (χ4v) is 3.44. The molecule has 3 aromatic carbocycles. The Morgan fingerprint density at radius 2 is 1.37 bits per heavy atom. The van der Waals surface area contributed by atoms with Crippen LogP contribution in [0.25, 0.3) is 11.1 Å². The Morgan fingerprint density at radius 1 is 0.733 bits per heavy atom. The molecule has 4 N–H and O–H groups in total. The van der Waals surface area contributed by atoms with Gasteiger partial charge in [-0.25, -0.2) is 4.79 Å². The van der Waals surface area contributed by atoms with E-state index in [4.69, 9.17) is 11.5 Å². The number of Topliss-reactive ketones (excluding diaryl/α,β-unsaturated/α-hetero) is 1. The van der Waals surface area contributed by atoms with E-state index >= 15 is 0 Å². The molecular formula is C25H27N3O2. The average Bonchev–Trinajstić information content (AvgIpc) is 2.77. The van der Waals surface area contributed by atoms with Gasteiger partial charge in [-0.05, 0) is 36.1 Å². The number of nitrogens with two attached hydrogens (primary N) is 2. The van der Waals surface area contributed by atoms with Gasteiger partial charge in [0, 0.05) is 18.5 Å². The van der Waals surface area contributed by atoms with Gasteiger partial charge in [0.2, 0.25) is 0 Å². The number of nitrogens with zero attached hydrogens (tertiary/aromatic N) is 1. The third-order valence-corrected chi connectivity index (χ3v) is 5.09. The number of rotatable bonds is 9. The standard InChI is InChI=1S/C25H27N3O2/c26-22-11-6-7-12-23(22)28(25(27)30)18-8-2-5-13-24(29)21-16-14-20(15-17-21)19-9-3-1-4-10-19/h1,3-4,6-7,9-12,14-17H,2,5,8,13,18,26H2,(H2,27,30). The zero-order valence-electron chi connectivity index (χ0n) is 17.0. The summed E-state index contributed by atoms with van der Waals surface area (Å²) in [6.07, 6.45) is 2.81. The molecule has 0 heterocycles. The summed E-state index contributed by atoms with van der Waals surface area (Å²) in [5, 5.41) is 0. The van der Waals surface area contributed by atoms with Gasteiger partial charge in [-0.3, -0.25) is 9.69 Å². The van der Waals surface area contributed by atoms with Crippen molar-refractivity contribution in [3.63, 3.8) is 0 Å². The van der Waals surface area contributed by atoms with Gasteiger partial charge in [-0.2, -0.15) is 0 Å². The molecular weight excluding hydrogens is 374 g/mol. The number of benzene rings is 3. The second kappa shape index (κ2) is 10.3. The maximum absolute atomic E-state index is 12.5. The molecule has 0 aliphatic carbocycles. The molecule has 0 aromatic heterocycles. The SMILES string of the molecule is NC(=O)N(CCCCCC(=O)c1ccc(-c2ccccc2)cc1)c1ccccc1N. The van der Waals surface area contributed by atoms with Crippen LogP contribution in [0.3, 0.4) is 0 Å². The van der Waals surface area contributed by atoms with Crippen molar-refractivity contribution in [2.45, 2.75) is 25.7 Å². The number of primary amides is 1. The van der Waals surface area contributed by atoms with E-state index in [0.29, 0.717) is 24.3 Å². The molecule has 2 amide bonds. The van der Waals surface area contributed by atoms with E-state index in [0.717, 1.165) is 36.0 Å². The zero-order valence-corrected chi connectivity index (χ0v) is 17.0. The highest BCUT2D eigenvalue weighted by atomic mass is 16.2. The number of nitrogen functional groups attached to an aromatic ring is 1. The Bertz CT molecular complexity index is 985. The van der Waals surface area contributed by atoms with Gasteiger partial charge < -0.3 is 11.5 Å². The minimum absolute atomic E-state index is 0.133. The van der Waals surface area contributed by atoms with Gasteiger partial charge in [0.05, 0.1) is 11.4 Å². The maximum Gasteiger partial charge on any atom is 0.319 e. The van der Waals surface area contributed by atoms with E-state index < -0.39 is 6.03 Å². The summed E-state index contributed by atoms with van der Waals surface area (Å²) in [6, 6.07) is 24.5. The van der Waals surface area contributed by atoms with Crippen molar-refractivity contribution in [1.82, 2.24) is 0 Å². The molecule has 154 valence electrons. The van der Waals surface area contributed by atoms with Gasteiger partial charge in [-0.15, -0.1) is 0 Å². The number of carbonyl (C=O) groups is 2. The fourth-order valence-electron chi connectivity index (χ4n) is 3.44. The third kappa shape index (κ3) is 5.47. The highest BCUT2D eigenvalue weighted by molar-refractivity contribution is 5.96. The maximum atomic E-state index is 12.5. The number of para-hydroxylation sites is 2. The number of unbranched alkanes of at least 4 members (excludes halogenated alkanes) is 2. The lowest BCUT2D eigenvalue weighted by atomic mass is 10.0. The third-order valence-electron chi connectivity index (χ3n) is 5.09. The molecule has 3 aromatic rings. The number of carbonyl (C=O) groups excluding carboxylic acids is 2. The van der Waals surface area contributed by atoms with E-state index in [9.17, 15) is 9.59 Å². The minimum atomic E-state index is -0.525. The summed E-state index contributed by atoms with van der Waals surface area (Å²) in [5.74, 6) is 0.133. The largest absolute Gasteiger partial charge is 0.397 e. The van der Waals surface area contributed by atoms with Crippen molar-refractivity contribution in [1.29, 1.82) is 0 Å². The summed E-state index contributed by atoms with van der Waals surface area (Å²) in [5.41, 5.74) is 15.6. The van der Waals surface area contributed by atoms with Crippen LogP contribution in [0.15, 0.2) is 78.9 Å². The van der Waals surface area contributed by atoms with Crippen molar-refractivity contribution < 1.29 is 9.59 Å². The number of amides is 2. The van der Waals surface area contributed by atoms with Crippen LogP contribution in [-0.2, 0) is 0 Å². The molecule has 0 saturated heterocycles. The summed E-state index contributed by atoms with van der Waals surface area (Å²) in [7, 11) is 0. The van der Waals surface area contributed by atoms with Crippen LogP contribution in [0.4, 0.5) is 16.2 Å². The van der Waals surface area contributed by atoms with E-state index in [1.165, 1.54) is 4.90 Å². The molecule has 0 bridgehead atoms. The first-order valence-electron chi connectivity index (χ1n) is 10.2. The minimum Gasteiger partial charge on any atom is -0.397 e. The van der Waals surface area contributed by atoms with Crippen LogP contribution in [0.1, 0.15) is 36.0 Å². The highest BCUT2D eigenvalue weighted by Crippen LogP contribution is 2.23. The van der Waals surface area contributed by atoms with Crippen LogP contribution in [0.5, 0.6) is 0 Å². The number of urea groups is 1. The second-order valence-corrected chi connectivity index (χ2v) is 7.23. The summed E-state index contributed by atoms with van der Waals surface area (Å²) in [6.45, 7) is 0.476. The van der Waals surface area contributed by atoms with Gasteiger partial charge >= 0.3 is 6.03 Å². The Labute approximate surface area is 177 Å².